The van der Waals surface area contributed by atoms with Gasteiger partial charge in [0.25, 0.3) is 23.3 Å². The number of fused-ring (bicyclic) bond motifs is 2. The van der Waals surface area contributed by atoms with E-state index in [4.69, 9.17) is 9.47 Å². The number of methoxy groups -OCH3 is 2. The number of thiophene rings is 1. The van der Waals surface area contributed by atoms with Gasteiger partial charge in [-0.2, -0.15) is 0 Å². The van der Waals surface area contributed by atoms with Crippen molar-refractivity contribution in [2.45, 2.75) is 38.3 Å². The summed E-state index contributed by atoms with van der Waals surface area (Å²) in [6, 6.07) is 9.99. The monoisotopic (exact) mass is 878 g/mol. The van der Waals surface area contributed by atoms with Crippen LogP contribution >= 0.6 is 11.3 Å². The van der Waals surface area contributed by atoms with Gasteiger partial charge in [-0.05, 0) is 86.7 Å². The fourth-order valence-corrected chi connectivity index (χ4v) is 11.4. The third kappa shape index (κ3) is 8.00. The smallest absolute Gasteiger partial charge is 0.262 e. The topological polar surface area (TPSA) is 166 Å². The highest BCUT2D eigenvalue weighted by atomic mass is 32.1. The summed E-state index contributed by atoms with van der Waals surface area (Å²) < 4.78 is 13.9. The number of carbonyl (C=O) groups is 5. The van der Waals surface area contributed by atoms with Gasteiger partial charge in [-0.1, -0.05) is 0 Å². The minimum atomic E-state index is -0.976. The molecule has 0 radical (unpaired) electrons. The molecule has 63 heavy (non-hydrogen) atoms. The van der Waals surface area contributed by atoms with Crippen molar-refractivity contribution >= 4 is 56.6 Å². The molecule has 6 heterocycles. The summed E-state index contributed by atoms with van der Waals surface area (Å²) >= 11 is 1.34. The Bertz CT molecular complexity index is 2560. The van der Waals surface area contributed by atoms with E-state index < -0.39 is 29.7 Å². The van der Waals surface area contributed by atoms with Gasteiger partial charge in [-0.25, -0.2) is 0 Å². The highest BCUT2D eigenvalue weighted by Gasteiger charge is 2.52. The third-order valence-corrected chi connectivity index (χ3v) is 14.6. The second kappa shape index (κ2) is 16.8. The van der Waals surface area contributed by atoms with Crippen LogP contribution in [0.15, 0.2) is 47.4 Å². The predicted octanol–water partition coefficient (Wildman–Crippen LogP) is 3.01. The number of imide groups is 2. The van der Waals surface area contributed by atoms with E-state index in [-0.39, 0.29) is 24.3 Å². The number of aryl methyl sites for hydroxylation is 1. The van der Waals surface area contributed by atoms with E-state index in [2.05, 4.69) is 25.3 Å². The molecule has 1 unspecified atom stereocenters. The maximum absolute atomic E-state index is 13.5. The minimum absolute atomic E-state index is 0.0891. The summed E-state index contributed by atoms with van der Waals surface area (Å²) in [7, 11) is 8.97. The van der Waals surface area contributed by atoms with E-state index in [1.807, 2.05) is 43.4 Å². The molecule has 4 aliphatic heterocycles. The van der Waals surface area contributed by atoms with Gasteiger partial charge in [-0.3, -0.25) is 43.9 Å². The number of anilines is 1. The molecule has 2 aromatic carbocycles. The Labute approximate surface area is 369 Å². The van der Waals surface area contributed by atoms with E-state index in [0.29, 0.717) is 57.3 Å². The molecule has 1 spiro atoms. The lowest BCUT2D eigenvalue weighted by Crippen LogP contribution is -2.64. The van der Waals surface area contributed by atoms with Crippen LogP contribution in [0, 0.1) is 11.3 Å². The number of nitrogens with one attached hydrogen (secondary N) is 2. The molecule has 17 heteroatoms. The van der Waals surface area contributed by atoms with Crippen molar-refractivity contribution in [2.24, 2.45) is 18.4 Å². The molecule has 5 aliphatic rings. The Morgan fingerprint density at radius 3 is 2.24 bits per heavy atom. The second-order valence-corrected chi connectivity index (χ2v) is 19.2. The normalized spacial score (nSPS) is 20.3. The Hall–Kier alpha value is -5.62. The van der Waals surface area contributed by atoms with Gasteiger partial charge in [0.2, 0.25) is 11.8 Å². The Morgan fingerprint density at radius 2 is 1.57 bits per heavy atom. The molecular weight excluding hydrogens is 825 g/mol. The minimum Gasteiger partial charge on any atom is -0.496 e. The summed E-state index contributed by atoms with van der Waals surface area (Å²) in [5.74, 6) is -0.335. The number of piperazine rings is 1. The van der Waals surface area contributed by atoms with Crippen LogP contribution in [-0.4, -0.2) is 147 Å². The van der Waals surface area contributed by atoms with Crippen LogP contribution in [0.1, 0.15) is 61.6 Å². The van der Waals surface area contributed by atoms with Gasteiger partial charge in [0.05, 0.1) is 41.2 Å². The van der Waals surface area contributed by atoms with Gasteiger partial charge in [0, 0.05) is 101 Å². The number of hydrogen-bond donors (Lipinski definition) is 2. The molecule has 332 valence electrons. The Kier molecular flexibility index (Phi) is 11.4. The number of likely N-dealkylation sites (tertiary alicyclic amines) is 1. The molecule has 4 fully saturated rings. The number of piperidine rings is 1. The second-order valence-electron chi connectivity index (χ2n) is 18.1. The molecule has 9 rings (SSSR count). The molecule has 16 nitrogen and oxygen atoms in total. The van der Waals surface area contributed by atoms with Crippen LogP contribution in [0.4, 0.5) is 5.69 Å². The van der Waals surface area contributed by atoms with Crippen molar-refractivity contribution in [3.05, 3.63) is 74.5 Å². The molecule has 2 aromatic heterocycles. The Balaban J connectivity index is 0.732. The number of amides is 5. The van der Waals surface area contributed by atoms with Crippen LogP contribution in [0.2, 0.25) is 0 Å². The molecule has 1 atom stereocenters. The molecule has 3 saturated heterocycles. The third-order valence-electron chi connectivity index (χ3n) is 13.5. The number of rotatable bonds is 13. The van der Waals surface area contributed by atoms with Crippen LogP contribution in [0.3, 0.4) is 0 Å². The molecule has 5 amide bonds. The lowest BCUT2D eigenvalue weighted by molar-refractivity contribution is -0.136. The lowest BCUT2D eigenvalue weighted by atomic mass is 9.57. The van der Waals surface area contributed by atoms with E-state index in [1.165, 1.54) is 11.3 Å². The number of ether oxygens (including phenoxy) is 2. The maximum Gasteiger partial charge on any atom is 0.262 e. The van der Waals surface area contributed by atoms with Gasteiger partial charge >= 0.3 is 0 Å². The van der Waals surface area contributed by atoms with Gasteiger partial charge in [-0.15, -0.1) is 11.3 Å². The first-order chi connectivity index (χ1) is 30.2. The van der Waals surface area contributed by atoms with Crippen LogP contribution in [0.25, 0.3) is 21.2 Å². The zero-order valence-electron chi connectivity index (χ0n) is 36.5. The number of benzene rings is 2. The summed E-state index contributed by atoms with van der Waals surface area (Å²) in [4.78, 5) is 88.1. The number of hydrogen-bond acceptors (Lipinski definition) is 13. The van der Waals surface area contributed by atoms with Crippen molar-refractivity contribution in [2.75, 3.05) is 92.1 Å². The number of pyridine rings is 1. The van der Waals surface area contributed by atoms with Gasteiger partial charge in [0.1, 0.15) is 17.5 Å². The fraction of sp³-hybridized carbons (Fsp3) is 0.478. The largest absolute Gasteiger partial charge is 0.496 e. The van der Waals surface area contributed by atoms with Crippen molar-refractivity contribution in [3.63, 3.8) is 0 Å². The average molecular weight is 879 g/mol. The van der Waals surface area contributed by atoms with Crippen molar-refractivity contribution in [1.29, 1.82) is 0 Å². The predicted molar refractivity (Wildman–Crippen MR) is 239 cm³/mol. The molecular formula is C46H54N8O8S. The summed E-state index contributed by atoms with van der Waals surface area (Å²) in [6.45, 7) is 8.73. The van der Waals surface area contributed by atoms with Crippen LogP contribution < -0.4 is 30.6 Å². The number of nitrogens with zero attached hydrogens (tertiary/aromatic N) is 6. The lowest BCUT2D eigenvalue weighted by Gasteiger charge is -2.59. The standard InChI is InChI=1S/C46H54N8O8S/c1-49(2)23-34-36(61-4)16-28(17-37(34)62-5)33-24-50(3)43(58)32-19-38(63-40(32)33)42(57)47-22-27-20-46(21-27)25-52(26-46)11-10-51-12-14-53(15-13-51)29-6-7-30-31(18-29)45(60)54(44(30)59)35-8-9-39(55)48-41(35)56/h6-7,16-19,24,27,35H,8-15,20-23,25-26H2,1-5H3,(H,47,57)(H,48,55,56). The van der Waals surface area contributed by atoms with E-state index in [1.54, 1.807) is 44.0 Å². The van der Waals surface area contributed by atoms with Crippen molar-refractivity contribution in [3.8, 4) is 22.6 Å². The first kappa shape index (κ1) is 42.7. The highest BCUT2D eigenvalue weighted by molar-refractivity contribution is 7.21. The molecule has 0 bridgehead atoms. The van der Waals surface area contributed by atoms with E-state index in [9.17, 15) is 28.8 Å². The van der Waals surface area contributed by atoms with Gasteiger partial charge < -0.3 is 34.1 Å². The number of aromatic nitrogens is 1. The quantitative estimate of drug-likeness (QED) is 0.189. The summed E-state index contributed by atoms with van der Waals surface area (Å²) in [5.41, 5.74) is 4.25. The zero-order chi connectivity index (χ0) is 44.3. The van der Waals surface area contributed by atoms with Crippen molar-refractivity contribution in [1.82, 2.24) is 34.8 Å². The van der Waals surface area contributed by atoms with Gasteiger partial charge in [0.15, 0.2) is 0 Å². The van der Waals surface area contributed by atoms with Crippen LogP contribution in [0.5, 0.6) is 11.5 Å². The summed E-state index contributed by atoms with van der Waals surface area (Å²) in [5, 5.41) is 5.92. The SMILES string of the molecule is COc1cc(-c2cn(C)c(=O)c3cc(C(=O)NCC4CC5(C4)CN(CCN4CCN(c6ccc7c(c6)C(=O)N(C6CCC(=O)NC6=O)C7=O)CC4)C5)sc23)cc(OC)c1CN(C)C. The molecule has 1 aliphatic carbocycles. The first-order valence-corrected chi connectivity index (χ1v) is 22.4. The van der Waals surface area contributed by atoms with E-state index >= 15 is 0 Å². The molecule has 4 aromatic rings. The zero-order valence-corrected chi connectivity index (χ0v) is 37.3. The van der Waals surface area contributed by atoms with Crippen molar-refractivity contribution < 1.29 is 33.4 Å². The first-order valence-electron chi connectivity index (χ1n) is 21.6. The summed E-state index contributed by atoms with van der Waals surface area (Å²) in [6.07, 6.45) is 4.22. The maximum atomic E-state index is 13.5. The fourth-order valence-electron chi connectivity index (χ4n) is 10.3. The molecule has 1 saturated carbocycles. The average Bonchev–Trinajstić information content (AvgIpc) is 3.80. The number of carbonyl (C=O) groups excluding carboxylic acids is 5. The Morgan fingerprint density at radius 1 is 0.889 bits per heavy atom. The molecule has 2 N–H and O–H groups in total. The highest BCUT2D eigenvalue weighted by Crippen LogP contribution is 2.51. The van der Waals surface area contributed by atoms with Crippen LogP contribution in [-0.2, 0) is 23.2 Å². The van der Waals surface area contributed by atoms with E-state index in [0.717, 1.165) is 97.2 Å².